The van der Waals surface area contributed by atoms with E-state index in [1.165, 1.54) is 31.2 Å². The van der Waals surface area contributed by atoms with Gasteiger partial charge < -0.3 is 0 Å². The molecule has 2 fully saturated rings. The van der Waals surface area contributed by atoms with E-state index in [2.05, 4.69) is 9.18 Å². The van der Waals surface area contributed by atoms with Crippen LogP contribution in [0.5, 0.6) is 11.5 Å². The summed E-state index contributed by atoms with van der Waals surface area (Å²) in [5.74, 6) is 1.54. The first-order chi connectivity index (χ1) is 12.7. The van der Waals surface area contributed by atoms with Crippen molar-refractivity contribution in [3.8, 4) is 11.5 Å². The Hall–Kier alpha value is -0.570. The van der Waals surface area contributed by atoms with Crippen LogP contribution in [-0.4, -0.2) is 58.3 Å². The van der Waals surface area contributed by atoms with Crippen LogP contribution in [0.2, 0.25) is 0 Å². The van der Waals surface area contributed by atoms with Crippen LogP contribution >= 0.6 is 0 Å². The quantitative estimate of drug-likeness (QED) is 0.316. The zero-order valence-corrected chi connectivity index (χ0v) is 18.0. The van der Waals surface area contributed by atoms with E-state index < -0.39 is 0 Å². The molecule has 2 aliphatic rings. The Balaban J connectivity index is 1.49. The first-order valence-electron chi connectivity index (χ1n) is 9.58. The van der Waals surface area contributed by atoms with Gasteiger partial charge in [-0.3, -0.25) is 0 Å². The summed E-state index contributed by atoms with van der Waals surface area (Å²) < 4.78 is 20.2. The van der Waals surface area contributed by atoms with Gasteiger partial charge in [0.05, 0.1) is 0 Å². The maximum atomic E-state index is 9.77. The predicted molar refractivity (Wildman–Crippen MR) is 97.4 cm³/mol. The summed E-state index contributed by atoms with van der Waals surface area (Å²) in [4.78, 5) is 0. The van der Waals surface area contributed by atoms with Crippen LogP contribution in [0.3, 0.4) is 0 Å². The number of alkyl halides is 1. The second-order valence-electron chi connectivity index (χ2n) is 7.06. The fourth-order valence-corrected chi connectivity index (χ4v) is 7.58. The molecular weight excluding hydrogens is 445 g/mol. The minimum atomic E-state index is -0.109. The van der Waals surface area contributed by atoms with Crippen molar-refractivity contribution in [2.75, 3.05) is 33.9 Å². The van der Waals surface area contributed by atoms with Gasteiger partial charge in [-0.05, 0) is 0 Å². The molecule has 1 N–H and O–H groups in total. The first kappa shape index (κ1) is 20.2. The number of methoxy groups -OCH3 is 2. The van der Waals surface area contributed by atoms with E-state index in [-0.39, 0.29) is 27.6 Å². The van der Waals surface area contributed by atoms with Gasteiger partial charge in [0.25, 0.3) is 0 Å². The maximum absolute atomic E-state index is 9.77. The Morgan fingerprint density at radius 3 is 2.65 bits per heavy atom. The van der Waals surface area contributed by atoms with E-state index in [0.717, 1.165) is 44.0 Å². The van der Waals surface area contributed by atoms with Crippen molar-refractivity contribution >= 4 is 0 Å². The van der Waals surface area contributed by atoms with Crippen molar-refractivity contribution in [2.45, 2.75) is 54.7 Å². The third kappa shape index (κ3) is 5.47. The average molecular weight is 476 g/mol. The topological polar surface area (TPSA) is 51.2 Å². The molecule has 1 saturated heterocycles. The number of nitrogens with zero attached hydrogens (tertiary/aromatic N) is 1. The third-order valence-corrected chi connectivity index (χ3v) is 8.97. The number of ether oxygens (including phenoxy) is 3. The Labute approximate surface area is 167 Å². The number of hydrogen-bond donors (Lipinski definition) is 1. The molecule has 0 amide bonds. The molecule has 1 heterocycles. The molecule has 3 rings (SSSR count). The molecule has 5 nitrogen and oxygen atoms in total. The summed E-state index contributed by atoms with van der Waals surface area (Å²) in [5.41, 5.74) is 1.22. The summed E-state index contributed by atoms with van der Waals surface area (Å²) in [7, 11) is 3.33. The molecule has 0 bridgehead atoms. The fourth-order valence-electron chi connectivity index (χ4n) is 3.68. The molecule has 0 radical (unpaired) electrons. The molecule has 0 aromatic heterocycles. The van der Waals surface area contributed by atoms with Crippen molar-refractivity contribution < 1.29 is 40.8 Å². The van der Waals surface area contributed by atoms with E-state index in [0.29, 0.717) is 10.0 Å². The number of rotatable bonds is 8. The van der Waals surface area contributed by atoms with Gasteiger partial charge in [0.2, 0.25) is 0 Å². The molecule has 1 aromatic rings. The Morgan fingerprint density at radius 1 is 1.12 bits per heavy atom. The molecular formula is C20H31INO4-. The van der Waals surface area contributed by atoms with Gasteiger partial charge in [0.1, 0.15) is 0 Å². The van der Waals surface area contributed by atoms with E-state index in [4.69, 9.17) is 14.2 Å². The third-order valence-electron chi connectivity index (χ3n) is 5.17. The van der Waals surface area contributed by atoms with Crippen molar-refractivity contribution in [1.82, 2.24) is 3.11 Å². The molecule has 1 aliphatic carbocycles. The van der Waals surface area contributed by atoms with Crippen molar-refractivity contribution in [3.05, 3.63) is 23.8 Å². The van der Waals surface area contributed by atoms with E-state index >= 15 is 0 Å². The van der Waals surface area contributed by atoms with Crippen molar-refractivity contribution in [2.24, 2.45) is 0 Å². The standard InChI is InChI=1S/C20H31INO4/c1-24-19-8-7-15(13-20(19)25-2)10-12-26-18-6-4-3-5-17(18)21-22-11-9-16(23)14-22/h7-8,13,16-18,23H,3-6,9-12,14H2,1-2H3/q-1/t16-,17?,18-/m1/s1. The molecule has 0 spiro atoms. The number of halogens is 1. The molecule has 1 unspecified atom stereocenters. The number of benzene rings is 1. The summed E-state index contributed by atoms with van der Waals surface area (Å²) in [6, 6.07) is 6.09. The van der Waals surface area contributed by atoms with Crippen LogP contribution in [0.1, 0.15) is 37.7 Å². The molecule has 1 aliphatic heterocycles. The molecule has 1 aromatic carbocycles. The average Bonchev–Trinajstić information content (AvgIpc) is 3.07. The van der Waals surface area contributed by atoms with Gasteiger partial charge in [-0.25, -0.2) is 0 Å². The molecule has 6 heteroatoms. The Kier molecular flexibility index (Phi) is 7.84. The van der Waals surface area contributed by atoms with Gasteiger partial charge in [0.15, 0.2) is 0 Å². The van der Waals surface area contributed by atoms with E-state index in [1.54, 1.807) is 14.2 Å². The predicted octanol–water partition coefficient (Wildman–Crippen LogP) is -0.355. The molecule has 26 heavy (non-hydrogen) atoms. The van der Waals surface area contributed by atoms with E-state index in [9.17, 15) is 5.11 Å². The van der Waals surface area contributed by atoms with Gasteiger partial charge >= 0.3 is 168 Å². The zero-order chi connectivity index (χ0) is 18.4. The summed E-state index contributed by atoms with van der Waals surface area (Å²) in [6.07, 6.45) is 7.22. The van der Waals surface area contributed by atoms with Gasteiger partial charge in [-0.1, -0.05) is 0 Å². The molecule has 1 saturated carbocycles. The molecule has 3 atom stereocenters. The second-order valence-corrected chi connectivity index (χ2v) is 10.6. The van der Waals surface area contributed by atoms with Crippen LogP contribution < -0.4 is 31.0 Å². The number of hydrogen-bond acceptors (Lipinski definition) is 5. The van der Waals surface area contributed by atoms with Crippen LogP contribution in [0.25, 0.3) is 0 Å². The second kappa shape index (κ2) is 10.1. The van der Waals surface area contributed by atoms with Gasteiger partial charge in [-0.2, -0.15) is 0 Å². The SMILES string of the molecule is COc1ccc(CCO[C@@H]2CCCCC2[I-]N2CC[C@@H](O)C2)cc1OC. The van der Waals surface area contributed by atoms with Crippen LogP contribution in [0.15, 0.2) is 18.2 Å². The van der Waals surface area contributed by atoms with Crippen LogP contribution in [-0.2, 0) is 11.2 Å². The summed E-state index contributed by atoms with van der Waals surface area (Å²) >= 11 is -0.0433. The monoisotopic (exact) mass is 476 g/mol. The number of aliphatic hydroxyl groups excluding tert-OH is 1. The number of β-amino-alcohol motifs (C(OH)–C–C–N with tert-alkyl or cyclic N) is 1. The van der Waals surface area contributed by atoms with Gasteiger partial charge in [0, 0.05) is 0 Å². The summed E-state index contributed by atoms with van der Waals surface area (Å²) in [6.45, 7) is 2.70. The first-order valence-corrected chi connectivity index (χ1v) is 11.8. The van der Waals surface area contributed by atoms with Gasteiger partial charge in [-0.15, -0.1) is 0 Å². The summed E-state index contributed by atoms with van der Waals surface area (Å²) in [5, 5.41) is 9.77. The van der Waals surface area contributed by atoms with Crippen LogP contribution in [0, 0.1) is 0 Å². The molecule has 148 valence electrons. The zero-order valence-electron chi connectivity index (χ0n) is 15.8. The Morgan fingerprint density at radius 2 is 1.92 bits per heavy atom. The fraction of sp³-hybridized carbons (Fsp3) is 0.700. The minimum absolute atomic E-state index is 0.0433. The normalized spacial score (nSPS) is 27.0. The van der Waals surface area contributed by atoms with Crippen molar-refractivity contribution in [1.29, 1.82) is 0 Å². The van der Waals surface area contributed by atoms with Crippen LogP contribution in [0.4, 0.5) is 0 Å². The number of aliphatic hydroxyl groups is 1. The van der Waals surface area contributed by atoms with Crippen molar-refractivity contribution in [3.63, 3.8) is 0 Å². The Bertz CT molecular complexity index is 571. The van der Waals surface area contributed by atoms with E-state index in [1.807, 2.05) is 12.1 Å².